The zero-order valence-electron chi connectivity index (χ0n) is 14.3. The first-order valence-corrected chi connectivity index (χ1v) is 8.68. The monoisotopic (exact) mass is 309 g/mol. The van der Waals surface area contributed by atoms with Gasteiger partial charge in [0, 0.05) is 32.1 Å². The Hall–Kier alpha value is -1.10. The van der Waals surface area contributed by atoms with Crippen molar-refractivity contribution in [1.82, 2.24) is 9.80 Å². The predicted octanol–water partition coefficient (Wildman–Crippen LogP) is 1.47. The lowest BCUT2D eigenvalue weighted by atomic mass is 9.90. The molecule has 0 spiro atoms. The van der Waals surface area contributed by atoms with Crippen molar-refractivity contribution in [1.29, 1.82) is 0 Å². The fourth-order valence-electron chi connectivity index (χ4n) is 3.50. The standard InChI is InChI=1S/C17H31N3O2/c1-4-13(2)15(21)19-8-5-6-14(10-19)16(22)20-9-7-17(3,11-18)12-20/h13-14H,4-12,18H2,1-3H3. The molecule has 2 saturated heterocycles. The Balaban J connectivity index is 1.95. The number of piperidine rings is 1. The molecular formula is C17H31N3O2. The molecule has 2 rings (SSSR count). The molecule has 5 nitrogen and oxygen atoms in total. The summed E-state index contributed by atoms with van der Waals surface area (Å²) in [6.07, 6.45) is 3.67. The van der Waals surface area contributed by atoms with Crippen LogP contribution in [0, 0.1) is 17.3 Å². The Morgan fingerprint density at radius 1 is 1.32 bits per heavy atom. The SMILES string of the molecule is CCC(C)C(=O)N1CCCC(C(=O)N2CCC(C)(CN)C2)C1. The summed E-state index contributed by atoms with van der Waals surface area (Å²) in [6.45, 7) is 9.75. The van der Waals surface area contributed by atoms with Crippen molar-refractivity contribution in [3.8, 4) is 0 Å². The van der Waals surface area contributed by atoms with E-state index in [0.29, 0.717) is 13.1 Å². The second kappa shape index (κ2) is 6.99. The molecule has 126 valence electrons. The number of rotatable bonds is 4. The summed E-state index contributed by atoms with van der Waals surface area (Å²) in [6, 6.07) is 0. The minimum atomic E-state index is -0.0260. The third kappa shape index (κ3) is 3.62. The quantitative estimate of drug-likeness (QED) is 0.855. The lowest BCUT2D eigenvalue weighted by Crippen LogP contribution is -2.48. The van der Waals surface area contributed by atoms with Crippen LogP contribution in [0.4, 0.5) is 0 Å². The van der Waals surface area contributed by atoms with Gasteiger partial charge >= 0.3 is 0 Å². The van der Waals surface area contributed by atoms with Crippen LogP contribution in [0.5, 0.6) is 0 Å². The van der Waals surface area contributed by atoms with Gasteiger partial charge in [-0.2, -0.15) is 0 Å². The molecular weight excluding hydrogens is 278 g/mol. The van der Waals surface area contributed by atoms with E-state index >= 15 is 0 Å². The minimum Gasteiger partial charge on any atom is -0.342 e. The van der Waals surface area contributed by atoms with Gasteiger partial charge in [0.05, 0.1) is 5.92 Å². The van der Waals surface area contributed by atoms with Crippen LogP contribution in [0.15, 0.2) is 0 Å². The van der Waals surface area contributed by atoms with Crippen LogP contribution in [-0.2, 0) is 9.59 Å². The van der Waals surface area contributed by atoms with Crippen LogP contribution in [-0.4, -0.2) is 54.3 Å². The summed E-state index contributed by atoms with van der Waals surface area (Å²) in [5.41, 5.74) is 5.89. The molecule has 3 atom stereocenters. The van der Waals surface area contributed by atoms with E-state index in [-0.39, 0.29) is 29.1 Å². The molecule has 22 heavy (non-hydrogen) atoms. The smallest absolute Gasteiger partial charge is 0.227 e. The molecule has 2 aliphatic heterocycles. The molecule has 3 unspecified atom stereocenters. The maximum absolute atomic E-state index is 12.8. The van der Waals surface area contributed by atoms with E-state index in [2.05, 4.69) is 6.92 Å². The first-order valence-electron chi connectivity index (χ1n) is 8.68. The minimum absolute atomic E-state index is 0.0260. The van der Waals surface area contributed by atoms with Crippen molar-refractivity contribution in [2.45, 2.75) is 46.5 Å². The number of hydrogen-bond donors (Lipinski definition) is 1. The van der Waals surface area contributed by atoms with Gasteiger partial charge in [0.25, 0.3) is 0 Å². The molecule has 2 aliphatic rings. The molecule has 0 aromatic heterocycles. The third-order valence-electron chi connectivity index (χ3n) is 5.48. The van der Waals surface area contributed by atoms with Gasteiger partial charge < -0.3 is 15.5 Å². The van der Waals surface area contributed by atoms with E-state index in [1.54, 1.807) is 0 Å². The average Bonchev–Trinajstić information content (AvgIpc) is 2.96. The van der Waals surface area contributed by atoms with Crippen molar-refractivity contribution < 1.29 is 9.59 Å². The topological polar surface area (TPSA) is 66.6 Å². The van der Waals surface area contributed by atoms with Gasteiger partial charge in [-0.1, -0.05) is 20.8 Å². The highest BCUT2D eigenvalue weighted by Gasteiger charge is 2.38. The zero-order valence-corrected chi connectivity index (χ0v) is 14.3. The Labute approximate surface area is 134 Å². The fourth-order valence-corrected chi connectivity index (χ4v) is 3.50. The first-order chi connectivity index (χ1) is 10.4. The van der Waals surface area contributed by atoms with E-state index in [1.807, 2.05) is 23.6 Å². The van der Waals surface area contributed by atoms with E-state index in [4.69, 9.17) is 5.73 Å². The predicted molar refractivity (Wildman–Crippen MR) is 87.1 cm³/mol. The van der Waals surface area contributed by atoms with E-state index in [9.17, 15) is 9.59 Å². The molecule has 2 amide bonds. The van der Waals surface area contributed by atoms with E-state index in [1.165, 1.54) is 0 Å². The number of carbonyl (C=O) groups excluding carboxylic acids is 2. The van der Waals surface area contributed by atoms with E-state index < -0.39 is 0 Å². The summed E-state index contributed by atoms with van der Waals surface area (Å²) in [7, 11) is 0. The molecule has 0 saturated carbocycles. The van der Waals surface area contributed by atoms with Crippen LogP contribution < -0.4 is 5.73 Å². The lowest BCUT2D eigenvalue weighted by molar-refractivity contribution is -0.142. The average molecular weight is 309 g/mol. The Bertz CT molecular complexity index is 426. The number of likely N-dealkylation sites (tertiary alicyclic amines) is 2. The van der Waals surface area contributed by atoms with E-state index in [0.717, 1.165) is 45.3 Å². The molecule has 0 bridgehead atoms. The van der Waals surface area contributed by atoms with Crippen molar-refractivity contribution in [3.05, 3.63) is 0 Å². The highest BCUT2D eigenvalue weighted by molar-refractivity contribution is 5.82. The van der Waals surface area contributed by atoms with Gasteiger partial charge in [0.2, 0.25) is 11.8 Å². The fraction of sp³-hybridized carbons (Fsp3) is 0.882. The third-order valence-corrected chi connectivity index (χ3v) is 5.48. The van der Waals surface area contributed by atoms with Gasteiger partial charge in [0.15, 0.2) is 0 Å². The summed E-state index contributed by atoms with van der Waals surface area (Å²) in [4.78, 5) is 29.0. The Morgan fingerprint density at radius 3 is 2.64 bits per heavy atom. The molecule has 0 radical (unpaired) electrons. The maximum Gasteiger partial charge on any atom is 0.227 e. The summed E-state index contributed by atoms with van der Waals surface area (Å²) < 4.78 is 0. The van der Waals surface area contributed by atoms with Crippen LogP contribution in [0.2, 0.25) is 0 Å². The van der Waals surface area contributed by atoms with Gasteiger partial charge in [-0.25, -0.2) is 0 Å². The molecule has 0 aromatic rings. The highest BCUT2D eigenvalue weighted by Crippen LogP contribution is 2.31. The number of hydrogen-bond acceptors (Lipinski definition) is 3. The van der Waals surface area contributed by atoms with Crippen LogP contribution in [0.3, 0.4) is 0 Å². The maximum atomic E-state index is 12.8. The number of nitrogens with zero attached hydrogens (tertiary/aromatic N) is 2. The van der Waals surface area contributed by atoms with Gasteiger partial charge in [-0.05, 0) is 37.6 Å². The molecule has 2 fully saturated rings. The van der Waals surface area contributed by atoms with Gasteiger partial charge in [0.1, 0.15) is 0 Å². The van der Waals surface area contributed by atoms with Gasteiger partial charge in [-0.15, -0.1) is 0 Å². The van der Waals surface area contributed by atoms with Crippen molar-refractivity contribution >= 4 is 11.8 Å². The lowest BCUT2D eigenvalue weighted by Gasteiger charge is -2.35. The van der Waals surface area contributed by atoms with Gasteiger partial charge in [-0.3, -0.25) is 9.59 Å². The molecule has 0 aromatic carbocycles. The molecule has 2 heterocycles. The largest absolute Gasteiger partial charge is 0.342 e. The highest BCUT2D eigenvalue weighted by atomic mass is 16.2. The summed E-state index contributed by atoms with van der Waals surface area (Å²) >= 11 is 0. The molecule has 5 heteroatoms. The van der Waals surface area contributed by atoms with Crippen molar-refractivity contribution in [2.75, 3.05) is 32.7 Å². The van der Waals surface area contributed by atoms with Crippen LogP contribution >= 0.6 is 0 Å². The normalized spacial score (nSPS) is 30.5. The molecule has 0 aliphatic carbocycles. The van der Waals surface area contributed by atoms with Crippen LogP contribution in [0.25, 0.3) is 0 Å². The first kappa shape index (κ1) is 17.3. The second-order valence-corrected chi connectivity index (χ2v) is 7.46. The number of carbonyl (C=O) groups is 2. The Kier molecular flexibility index (Phi) is 5.48. The second-order valence-electron chi connectivity index (χ2n) is 7.46. The van der Waals surface area contributed by atoms with Crippen molar-refractivity contribution in [3.63, 3.8) is 0 Å². The molecule has 2 N–H and O–H groups in total. The number of amides is 2. The summed E-state index contributed by atoms with van der Waals surface area (Å²) in [5, 5.41) is 0. The van der Waals surface area contributed by atoms with Crippen LogP contribution in [0.1, 0.15) is 46.5 Å². The van der Waals surface area contributed by atoms with Crippen molar-refractivity contribution in [2.24, 2.45) is 23.0 Å². The summed E-state index contributed by atoms with van der Waals surface area (Å²) in [5.74, 6) is 0.454. The Morgan fingerprint density at radius 2 is 2.05 bits per heavy atom. The number of nitrogens with two attached hydrogens (primary N) is 1. The zero-order chi connectivity index (χ0) is 16.3.